The number of aliphatic hydroxyl groups is 2. The molecule has 0 heterocycles. The van der Waals surface area contributed by atoms with Gasteiger partial charge in [0.2, 0.25) is 5.91 Å². The van der Waals surface area contributed by atoms with Gasteiger partial charge in [-0.3, -0.25) is 9.59 Å². The van der Waals surface area contributed by atoms with Crippen LogP contribution in [0.25, 0.3) is 0 Å². The summed E-state index contributed by atoms with van der Waals surface area (Å²) in [6, 6.07) is -0.634. The van der Waals surface area contributed by atoms with E-state index in [2.05, 4.69) is 31.3 Å². The Hall–Kier alpha value is -1.66. The molecule has 0 aromatic rings. The predicted octanol–water partition coefficient (Wildman–Crippen LogP) is 17.5. The molecule has 0 aromatic carbocycles. The van der Waals surface area contributed by atoms with Gasteiger partial charge in [-0.05, 0) is 57.8 Å². The number of amides is 1. The van der Waals surface area contributed by atoms with Gasteiger partial charge in [-0.2, -0.15) is 0 Å². The van der Waals surface area contributed by atoms with E-state index in [1.165, 1.54) is 231 Å². The van der Waals surface area contributed by atoms with E-state index in [1.807, 2.05) is 6.08 Å². The standard InChI is InChI=1S/C58H111NO5/c1-3-5-7-9-11-13-15-17-23-28-32-36-40-44-48-52-58(63)64-53-49-45-41-37-33-29-25-22-20-18-19-21-24-27-31-35-39-43-47-51-57(62)59-55(54-60)56(61)50-46-42-38-34-30-26-16-14-12-10-8-6-4-2/h18-19,46,50,55-56,60-61H,3-17,20-45,47-49,51-54H2,1-2H3,(H,59,62)/b19-18-,50-46+. The Morgan fingerprint density at radius 3 is 1.11 bits per heavy atom. The normalized spacial score (nSPS) is 12.8. The number of nitrogens with one attached hydrogen (secondary N) is 1. The van der Waals surface area contributed by atoms with E-state index < -0.39 is 12.1 Å². The summed E-state index contributed by atoms with van der Waals surface area (Å²) in [5.41, 5.74) is 0. The Kier molecular flexibility index (Phi) is 52.6. The van der Waals surface area contributed by atoms with Gasteiger partial charge in [0.1, 0.15) is 0 Å². The highest BCUT2D eigenvalue weighted by Crippen LogP contribution is 2.16. The van der Waals surface area contributed by atoms with Crippen molar-refractivity contribution >= 4 is 11.9 Å². The third-order valence-corrected chi connectivity index (χ3v) is 13.2. The molecule has 0 aliphatic rings. The number of aliphatic hydroxyl groups excluding tert-OH is 2. The zero-order valence-corrected chi connectivity index (χ0v) is 43.0. The van der Waals surface area contributed by atoms with E-state index in [0.29, 0.717) is 19.4 Å². The van der Waals surface area contributed by atoms with Crippen molar-refractivity contribution in [2.24, 2.45) is 0 Å². The lowest BCUT2D eigenvalue weighted by Crippen LogP contribution is -2.45. The van der Waals surface area contributed by atoms with Crippen molar-refractivity contribution in [3.63, 3.8) is 0 Å². The van der Waals surface area contributed by atoms with Gasteiger partial charge in [0.15, 0.2) is 0 Å². The monoisotopic (exact) mass is 902 g/mol. The SMILES string of the molecule is CCCCCCCCCCCCC/C=C/C(O)C(CO)NC(=O)CCCCCCCCC/C=C\CCCCCCCCCCOC(=O)CCCCCCCCCCCCCCCCC. The lowest BCUT2D eigenvalue weighted by molar-refractivity contribution is -0.143. The molecule has 6 heteroatoms. The van der Waals surface area contributed by atoms with Crippen LogP contribution >= 0.6 is 0 Å². The number of allylic oxidation sites excluding steroid dienone is 3. The second kappa shape index (κ2) is 54.0. The van der Waals surface area contributed by atoms with Crippen molar-refractivity contribution in [2.45, 2.75) is 321 Å². The molecule has 2 atom stereocenters. The van der Waals surface area contributed by atoms with Crippen LogP contribution in [0.3, 0.4) is 0 Å². The molecule has 0 saturated carbocycles. The zero-order chi connectivity index (χ0) is 46.5. The molecule has 1 amide bonds. The van der Waals surface area contributed by atoms with Gasteiger partial charge in [-0.1, -0.05) is 263 Å². The zero-order valence-electron chi connectivity index (χ0n) is 43.0. The second-order valence-corrected chi connectivity index (χ2v) is 19.6. The van der Waals surface area contributed by atoms with Gasteiger partial charge >= 0.3 is 5.97 Å². The first-order valence-corrected chi connectivity index (χ1v) is 28.6. The van der Waals surface area contributed by atoms with Crippen LogP contribution in [0, 0.1) is 0 Å². The minimum atomic E-state index is -0.849. The molecule has 0 aromatic heterocycles. The van der Waals surface area contributed by atoms with Crippen LogP contribution in [0.1, 0.15) is 309 Å². The summed E-state index contributed by atoms with van der Waals surface area (Å²) >= 11 is 0. The molecular weight excluding hydrogens is 791 g/mol. The molecule has 0 fully saturated rings. The number of hydrogen-bond donors (Lipinski definition) is 3. The minimum absolute atomic E-state index is 0.00604. The fourth-order valence-corrected chi connectivity index (χ4v) is 8.81. The third-order valence-electron chi connectivity index (χ3n) is 13.2. The van der Waals surface area contributed by atoms with Crippen molar-refractivity contribution in [1.29, 1.82) is 0 Å². The van der Waals surface area contributed by atoms with E-state index >= 15 is 0 Å². The van der Waals surface area contributed by atoms with Crippen LogP contribution in [-0.4, -0.2) is 47.4 Å². The van der Waals surface area contributed by atoms with E-state index in [1.54, 1.807) is 6.08 Å². The molecule has 378 valence electrons. The van der Waals surface area contributed by atoms with Gasteiger partial charge < -0.3 is 20.3 Å². The molecule has 3 N–H and O–H groups in total. The summed E-state index contributed by atoms with van der Waals surface area (Å²) in [7, 11) is 0. The number of carbonyl (C=O) groups is 2. The van der Waals surface area contributed by atoms with Gasteiger partial charge in [0.25, 0.3) is 0 Å². The summed E-state index contributed by atoms with van der Waals surface area (Å²) in [6.45, 7) is 4.90. The summed E-state index contributed by atoms with van der Waals surface area (Å²) in [5.74, 6) is -0.0713. The molecule has 64 heavy (non-hydrogen) atoms. The van der Waals surface area contributed by atoms with Crippen LogP contribution in [-0.2, 0) is 14.3 Å². The first kappa shape index (κ1) is 62.3. The number of esters is 1. The largest absolute Gasteiger partial charge is 0.466 e. The van der Waals surface area contributed by atoms with Crippen molar-refractivity contribution < 1.29 is 24.5 Å². The Morgan fingerprint density at radius 1 is 0.422 bits per heavy atom. The Labute approximate surface area is 399 Å². The van der Waals surface area contributed by atoms with Crippen molar-refractivity contribution in [3.05, 3.63) is 24.3 Å². The molecular formula is C58H111NO5. The third kappa shape index (κ3) is 49.8. The molecule has 0 spiro atoms. The summed E-state index contributed by atoms with van der Waals surface area (Å²) in [5, 5.41) is 23.0. The van der Waals surface area contributed by atoms with Crippen LogP contribution in [0.5, 0.6) is 0 Å². The fourth-order valence-electron chi connectivity index (χ4n) is 8.81. The Balaban J connectivity index is 3.44. The first-order chi connectivity index (χ1) is 31.5. The predicted molar refractivity (Wildman–Crippen MR) is 278 cm³/mol. The summed E-state index contributed by atoms with van der Waals surface area (Å²) in [4.78, 5) is 24.5. The van der Waals surface area contributed by atoms with Crippen LogP contribution in [0.2, 0.25) is 0 Å². The molecule has 0 saturated heterocycles. The fraction of sp³-hybridized carbons (Fsp3) is 0.897. The number of hydrogen-bond acceptors (Lipinski definition) is 5. The molecule has 0 aliphatic heterocycles. The minimum Gasteiger partial charge on any atom is -0.466 e. The van der Waals surface area contributed by atoms with Crippen molar-refractivity contribution in [3.8, 4) is 0 Å². The Morgan fingerprint density at radius 2 is 0.734 bits per heavy atom. The van der Waals surface area contributed by atoms with Crippen LogP contribution in [0.15, 0.2) is 24.3 Å². The van der Waals surface area contributed by atoms with Gasteiger partial charge in [0.05, 0.1) is 25.4 Å². The maximum atomic E-state index is 12.4. The van der Waals surface area contributed by atoms with Gasteiger partial charge in [0, 0.05) is 12.8 Å². The van der Waals surface area contributed by atoms with E-state index in [9.17, 15) is 19.8 Å². The molecule has 0 radical (unpaired) electrons. The molecule has 0 bridgehead atoms. The van der Waals surface area contributed by atoms with Crippen LogP contribution in [0.4, 0.5) is 0 Å². The second-order valence-electron chi connectivity index (χ2n) is 19.6. The van der Waals surface area contributed by atoms with Gasteiger partial charge in [-0.25, -0.2) is 0 Å². The lowest BCUT2D eigenvalue weighted by Gasteiger charge is -2.20. The lowest BCUT2D eigenvalue weighted by atomic mass is 10.0. The van der Waals surface area contributed by atoms with Crippen LogP contribution < -0.4 is 5.32 Å². The maximum absolute atomic E-state index is 12.4. The average molecular weight is 903 g/mol. The highest BCUT2D eigenvalue weighted by molar-refractivity contribution is 5.76. The van der Waals surface area contributed by atoms with E-state index in [4.69, 9.17) is 4.74 Å². The smallest absolute Gasteiger partial charge is 0.305 e. The maximum Gasteiger partial charge on any atom is 0.305 e. The molecule has 2 unspecified atom stereocenters. The van der Waals surface area contributed by atoms with Gasteiger partial charge in [-0.15, -0.1) is 0 Å². The quantitative estimate of drug-likeness (QED) is 0.0321. The first-order valence-electron chi connectivity index (χ1n) is 28.6. The number of carbonyl (C=O) groups excluding carboxylic acids is 2. The molecule has 0 rings (SSSR count). The van der Waals surface area contributed by atoms with Crippen molar-refractivity contribution in [2.75, 3.05) is 13.2 Å². The molecule has 0 aliphatic carbocycles. The molecule has 6 nitrogen and oxygen atoms in total. The summed E-state index contributed by atoms with van der Waals surface area (Å²) < 4.78 is 5.48. The average Bonchev–Trinajstić information content (AvgIpc) is 3.29. The number of unbranched alkanes of at least 4 members (excludes halogenated alkanes) is 40. The highest BCUT2D eigenvalue weighted by atomic mass is 16.5. The summed E-state index contributed by atoms with van der Waals surface area (Å²) in [6.07, 6.45) is 64.8. The van der Waals surface area contributed by atoms with E-state index in [-0.39, 0.29) is 18.5 Å². The number of rotatable bonds is 53. The number of ether oxygens (including phenoxy) is 1. The Bertz CT molecular complexity index is 997. The van der Waals surface area contributed by atoms with Crippen molar-refractivity contribution in [1.82, 2.24) is 5.32 Å². The highest BCUT2D eigenvalue weighted by Gasteiger charge is 2.18. The topological polar surface area (TPSA) is 95.9 Å². The van der Waals surface area contributed by atoms with E-state index in [0.717, 1.165) is 51.4 Å².